The third kappa shape index (κ3) is 3.54. The van der Waals surface area contributed by atoms with Crippen molar-refractivity contribution in [1.29, 1.82) is 0 Å². The smallest absolute Gasteiger partial charge is 0.281 e. The minimum atomic E-state index is -0.778. The zero-order valence-corrected chi connectivity index (χ0v) is 8.85. The van der Waals surface area contributed by atoms with E-state index in [0.29, 0.717) is 6.61 Å². The first kappa shape index (κ1) is 10.8. The molecule has 0 radical (unpaired) electrons. The molecule has 1 aliphatic heterocycles. The number of carbonyl (C=O) groups is 1. The van der Waals surface area contributed by atoms with Gasteiger partial charge in [0.15, 0.2) is 0 Å². The second-order valence-corrected chi connectivity index (χ2v) is 5.17. The molecule has 76 valence electrons. The molecular formula is C8H15NO3S. The third-order valence-corrected chi connectivity index (χ3v) is 2.59. The van der Waals surface area contributed by atoms with Crippen LogP contribution in [0.25, 0.3) is 0 Å². The van der Waals surface area contributed by atoms with Crippen LogP contribution < -0.4 is 5.32 Å². The molecule has 1 fully saturated rings. The Hall–Kier alpha value is -0.260. The maximum absolute atomic E-state index is 10.8. The summed E-state index contributed by atoms with van der Waals surface area (Å²) in [7, 11) is 0. The lowest BCUT2D eigenvalue weighted by molar-refractivity contribution is -0.0154. The second-order valence-electron chi connectivity index (χ2n) is 3.96. The van der Waals surface area contributed by atoms with E-state index in [9.17, 15) is 9.90 Å². The van der Waals surface area contributed by atoms with Crippen LogP contribution in [0, 0.1) is 0 Å². The van der Waals surface area contributed by atoms with E-state index in [0.717, 1.165) is 11.8 Å². The number of thioether (sulfide) groups is 1. The van der Waals surface area contributed by atoms with Crippen LogP contribution in [0.4, 0.5) is 4.79 Å². The largest absolute Gasteiger partial charge is 0.375 e. The molecule has 1 heterocycles. The summed E-state index contributed by atoms with van der Waals surface area (Å²) in [6.45, 7) is 6.20. The van der Waals surface area contributed by atoms with Crippen LogP contribution in [0.3, 0.4) is 0 Å². The number of aliphatic hydroxyl groups excluding tert-OH is 1. The van der Waals surface area contributed by atoms with Crippen molar-refractivity contribution >= 4 is 17.0 Å². The monoisotopic (exact) mass is 205 g/mol. The summed E-state index contributed by atoms with van der Waals surface area (Å²) in [4.78, 5) is 10.8. The molecule has 2 atom stereocenters. The quantitative estimate of drug-likeness (QED) is 0.704. The number of carbonyl (C=O) groups excluding carboxylic acids is 1. The van der Waals surface area contributed by atoms with Gasteiger partial charge in [-0.25, -0.2) is 0 Å². The molecular weight excluding hydrogens is 190 g/mol. The molecule has 13 heavy (non-hydrogen) atoms. The molecule has 0 aromatic carbocycles. The molecule has 0 aliphatic carbocycles. The summed E-state index contributed by atoms with van der Waals surface area (Å²) in [5.41, 5.74) is -0.230. The second kappa shape index (κ2) is 3.86. The predicted molar refractivity (Wildman–Crippen MR) is 51.6 cm³/mol. The van der Waals surface area contributed by atoms with Gasteiger partial charge in [0.05, 0.1) is 17.5 Å². The van der Waals surface area contributed by atoms with Gasteiger partial charge in [0.2, 0.25) is 0 Å². The highest BCUT2D eigenvalue weighted by Gasteiger charge is 2.32. The Kier molecular flexibility index (Phi) is 3.21. The van der Waals surface area contributed by atoms with Crippen molar-refractivity contribution in [3.63, 3.8) is 0 Å². The molecule has 0 bridgehead atoms. The van der Waals surface area contributed by atoms with E-state index in [4.69, 9.17) is 4.74 Å². The lowest BCUT2D eigenvalue weighted by Crippen LogP contribution is -2.35. The fourth-order valence-electron chi connectivity index (χ4n) is 0.907. The molecule has 1 saturated heterocycles. The first-order chi connectivity index (χ1) is 5.88. The van der Waals surface area contributed by atoms with Gasteiger partial charge in [-0.1, -0.05) is 11.8 Å². The van der Waals surface area contributed by atoms with Crippen molar-refractivity contribution in [3.8, 4) is 0 Å². The summed E-state index contributed by atoms with van der Waals surface area (Å²) in [5.74, 6) is 0. The Morgan fingerprint density at radius 2 is 2.23 bits per heavy atom. The van der Waals surface area contributed by atoms with E-state index in [2.05, 4.69) is 5.32 Å². The van der Waals surface area contributed by atoms with E-state index in [1.807, 2.05) is 20.8 Å². The van der Waals surface area contributed by atoms with Crippen LogP contribution in [0.2, 0.25) is 0 Å². The van der Waals surface area contributed by atoms with Crippen molar-refractivity contribution in [1.82, 2.24) is 5.32 Å². The lowest BCUT2D eigenvalue weighted by Gasteiger charge is -2.22. The highest BCUT2D eigenvalue weighted by molar-refractivity contribution is 8.14. The van der Waals surface area contributed by atoms with Crippen LogP contribution in [-0.2, 0) is 4.74 Å². The van der Waals surface area contributed by atoms with E-state index < -0.39 is 6.23 Å². The summed E-state index contributed by atoms with van der Waals surface area (Å²) in [6.07, 6.45) is -0.778. The number of ether oxygens (including phenoxy) is 1. The summed E-state index contributed by atoms with van der Waals surface area (Å²) < 4.78 is 5.46. The predicted octanol–water partition coefficient (Wildman–Crippen LogP) is 0.945. The maximum Gasteiger partial charge on any atom is 0.281 e. The van der Waals surface area contributed by atoms with Crippen LogP contribution in [0.5, 0.6) is 0 Å². The lowest BCUT2D eigenvalue weighted by atomic mass is 10.2. The summed E-state index contributed by atoms with van der Waals surface area (Å²) in [5, 5.41) is 11.4. The van der Waals surface area contributed by atoms with Crippen LogP contribution in [-0.4, -0.2) is 34.0 Å². The minimum absolute atomic E-state index is 0.185. The van der Waals surface area contributed by atoms with Crippen LogP contribution in [0.15, 0.2) is 0 Å². The van der Waals surface area contributed by atoms with Gasteiger partial charge in [-0.3, -0.25) is 4.79 Å². The van der Waals surface area contributed by atoms with Gasteiger partial charge in [0.1, 0.15) is 6.23 Å². The molecule has 2 unspecified atom stereocenters. The van der Waals surface area contributed by atoms with Gasteiger partial charge in [-0.2, -0.15) is 0 Å². The van der Waals surface area contributed by atoms with Crippen molar-refractivity contribution in [3.05, 3.63) is 0 Å². The molecule has 4 nitrogen and oxygen atoms in total. The summed E-state index contributed by atoms with van der Waals surface area (Å²) >= 11 is 1.09. The average Bonchev–Trinajstić information content (AvgIpc) is 2.24. The van der Waals surface area contributed by atoms with E-state index >= 15 is 0 Å². The maximum atomic E-state index is 10.8. The number of hydrogen-bond acceptors (Lipinski definition) is 4. The van der Waals surface area contributed by atoms with E-state index in [-0.39, 0.29) is 16.1 Å². The zero-order chi connectivity index (χ0) is 10.1. The SMILES string of the molecule is CC(C)(C)OCC1SC(=O)NC1O. The molecule has 0 aromatic rings. The fourth-order valence-corrected chi connectivity index (χ4v) is 1.70. The Bertz CT molecular complexity index is 202. The zero-order valence-electron chi connectivity index (χ0n) is 8.03. The van der Waals surface area contributed by atoms with Crippen molar-refractivity contribution in [2.45, 2.75) is 37.9 Å². The minimum Gasteiger partial charge on any atom is -0.375 e. The highest BCUT2D eigenvalue weighted by Crippen LogP contribution is 2.23. The van der Waals surface area contributed by atoms with Crippen molar-refractivity contribution in [2.24, 2.45) is 0 Å². The van der Waals surface area contributed by atoms with Crippen LogP contribution in [0.1, 0.15) is 20.8 Å². The van der Waals surface area contributed by atoms with E-state index in [1.165, 1.54) is 0 Å². The molecule has 0 saturated carbocycles. The third-order valence-electron chi connectivity index (χ3n) is 1.56. The molecule has 1 amide bonds. The highest BCUT2D eigenvalue weighted by atomic mass is 32.2. The van der Waals surface area contributed by atoms with Crippen molar-refractivity contribution in [2.75, 3.05) is 6.61 Å². The molecule has 1 aliphatic rings. The fraction of sp³-hybridized carbons (Fsp3) is 0.875. The topological polar surface area (TPSA) is 58.6 Å². The number of hydrogen-bond donors (Lipinski definition) is 2. The number of rotatable bonds is 2. The first-order valence-corrected chi connectivity index (χ1v) is 5.05. The van der Waals surface area contributed by atoms with Gasteiger partial charge in [0, 0.05) is 0 Å². The number of nitrogens with one attached hydrogen (secondary N) is 1. The van der Waals surface area contributed by atoms with Crippen LogP contribution >= 0.6 is 11.8 Å². The van der Waals surface area contributed by atoms with Gasteiger partial charge >= 0.3 is 0 Å². The Morgan fingerprint density at radius 3 is 2.62 bits per heavy atom. The van der Waals surface area contributed by atoms with Gasteiger partial charge < -0.3 is 15.2 Å². The molecule has 2 N–H and O–H groups in total. The van der Waals surface area contributed by atoms with Gasteiger partial charge in [-0.05, 0) is 20.8 Å². The average molecular weight is 205 g/mol. The van der Waals surface area contributed by atoms with E-state index in [1.54, 1.807) is 0 Å². The normalized spacial score (nSPS) is 29.1. The molecule has 0 aromatic heterocycles. The number of aliphatic hydroxyl groups is 1. The van der Waals surface area contributed by atoms with Gasteiger partial charge in [-0.15, -0.1) is 0 Å². The Morgan fingerprint density at radius 1 is 1.62 bits per heavy atom. The van der Waals surface area contributed by atoms with Crippen molar-refractivity contribution < 1.29 is 14.6 Å². The molecule has 1 rings (SSSR count). The van der Waals surface area contributed by atoms with Gasteiger partial charge in [0.25, 0.3) is 5.24 Å². The first-order valence-electron chi connectivity index (χ1n) is 4.18. The summed E-state index contributed by atoms with van der Waals surface area (Å²) in [6, 6.07) is 0. The molecule has 5 heteroatoms. The number of amides is 1. The molecule has 0 spiro atoms. The Balaban J connectivity index is 2.34. The Labute approximate surface area is 82.0 Å². The standard InChI is InChI=1S/C8H15NO3S/c1-8(2,3)12-4-5-6(10)9-7(11)13-5/h5-6,10H,4H2,1-3H3,(H,9,11).